The summed E-state index contributed by atoms with van der Waals surface area (Å²) in [5.74, 6) is 0.750. The van der Waals surface area contributed by atoms with E-state index in [-0.39, 0.29) is 5.91 Å². The van der Waals surface area contributed by atoms with Crippen LogP contribution in [0.3, 0.4) is 0 Å². The topological polar surface area (TPSA) is 77.2 Å². The molecule has 1 amide bonds. The number of aryl methyl sites for hydroxylation is 2. The fourth-order valence-corrected chi connectivity index (χ4v) is 2.13. The Labute approximate surface area is 136 Å². The third-order valence-corrected chi connectivity index (χ3v) is 3.56. The Morgan fingerprint density at radius 1 is 1.22 bits per heavy atom. The van der Waals surface area contributed by atoms with Crippen LogP contribution in [0.25, 0.3) is 0 Å². The lowest BCUT2D eigenvalue weighted by Gasteiger charge is -2.08. The summed E-state index contributed by atoms with van der Waals surface area (Å²) in [6, 6.07) is 9.54. The van der Waals surface area contributed by atoms with Crippen LogP contribution in [0, 0.1) is 13.8 Å². The molecule has 3 N–H and O–H groups in total. The average Bonchev–Trinajstić information content (AvgIpc) is 2.55. The normalized spacial score (nSPS) is 10.4. The molecule has 0 aliphatic carbocycles. The number of hydrogen-bond acceptors (Lipinski definition) is 4. The number of benzene rings is 1. The quantitative estimate of drug-likeness (QED) is 0.818. The molecule has 0 spiro atoms. The summed E-state index contributed by atoms with van der Waals surface area (Å²) < 4.78 is 5.41. The van der Waals surface area contributed by atoms with Gasteiger partial charge in [0, 0.05) is 25.0 Å². The van der Waals surface area contributed by atoms with Gasteiger partial charge in [0.1, 0.15) is 12.4 Å². The smallest absolute Gasteiger partial charge is 0.224 e. The summed E-state index contributed by atoms with van der Waals surface area (Å²) in [7, 11) is 0. The van der Waals surface area contributed by atoms with Crippen molar-refractivity contribution in [2.24, 2.45) is 5.73 Å². The molecule has 5 heteroatoms. The minimum atomic E-state index is -0.0149. The lowest BCUT2D eigenvalue weighted by molar-refractivity contribution is -0.120. The highest BCUT2D eigenvalue weighted by molar-refractivity contribution is 5.78. The van der Waals surface area contributed by atoms with Crippen molar-refractivity contribution < 1.29 is 9.53 Å². The van der Waals surface area contributed by atoms with Crippen molar-refractivity contribution in [2.45, 2.75) is 26.8 Å². The maximum atomic E-state index is 12.0. The van der Waals surface area contributed by atoms with Crippen LogP contribution in [0.4, 0.5) is 0 Å². The number of ether oxygens (including phenoxy) is 1. The Kier molecular flexibility index (Phi) is 6.11. The second-order valence-corrected chi connectivity index (χ2v) is 5.48. The van der Waals surface area contributed by atoms with E-state index >= 15 is 0 Å². The largest absolute Gasteiger partial charge is 0.492 e. The molecule has 2 rings (SSSR count). The summed E-state index contributed by atoms with van der Waals surface area (Å²) in [5, 5.41) is 2.92. The number of aromatic nitrogens is 1. The monoisotopic (exact) mass is 313 g/mol. The van der Waals surface area contributed by atoms with Gasteiger partial charge in [0.15, 0.2) is 0 Å². The van der Waals surface area contributed by atoms with E-state index in [1.54, 1.807) is 6.20 Å². The van der Waals surface area contributed by atoms with Crippen LogP contribution in [0.1, 0.15) is 22.4 Å². The number of nitrogens with two attached hydrogens (primary N) is 1. The van der Waals surface area contributed by atoms with Crippen molar-refractivity contribution in [2.75, 3.05) is 13.2 Å². The van der Waals surface area contributed by atoms with Crippen molar-refractivity contribution in [3.05, 3.63) is 58.9 Å². The maximum absolute atomic E-state index is 12.0. The lowest BCUT2D eigenvalue weighted by atomic mass is 10.1. The molecule has 0 unspecified atom stereocenters. The first-order chi connectivity index (χ1) is 11.1. The van der Waals surface area contributed by atoms with Crippen LogP contribution in [0.2, 0.25) is 0 Å². The Hall–Kier alpha value is -2.40. The number of carbonyl (C=O) groups is 1. The predicted octanol–water partition coefficient (Wildman–Crippen LogP) is 1.89. The molecule has 0 saturated heterocycles. The van der Waals surface area contributed by atoms with Gasteiger partial charge in [-0.2, -0.15) is 0 Å². The Bertz CT molecular complexity index is 654. The highest BCUT2D eigenvalue weighted by Gasteiger charge is 2.05. The Morgan fingerprint density at radius 2 is 1.96 bits per heavy atom. The zero-order chi connectivity index (χ0) is 16.7. The van der Waals surface area contributed by atoms with Crippen molar-refractivity contribution in [3.8, 4) is 5.75 Å². The molecule has 0 aliphatic heterocycles. The molecule has 5 nitrogen and oxygen atoms in total. The van der Waals surface area contributed by atoms with Gasteiger partial charge in [-0.3, -0.25) is 9.78 Å². The van der Waals surface area contributed by atoms with E-state index in [1.807, 2.05) is 44.2 Å². The third-order valence-electron chi connectivity index (χ3n) is 3.56. The molecule has 0 radical (unpaired) electrons. The molecule has 0 saturated carbocycles. The number of nitrogens with zero attached hydrogens (tertiary/aromatic N) is 1. The van der Waals surface area contributed by atoms with Gasteiger partial charge in [0.05, 0.1) is 6.42 Å². The highest BCUT2D eigenvalue weighted by atomic mass is 16.5. The van der Waals surface area contributed by atoms with Crippen LogP contribution in [-0.4, -0.2) is 24.0 Å². The maximum Gasteiger partial charge on any atom is 0.224 e. The van der Waals surface area contributed by atoms with E-state index < -0.39 is 0 Å². The summed E-state index contributed by atoms with van der Waals surface area (Å²) in [5.41, 5.74) is 9.48. The van der Waals surface area contributed by atoms with Gasteiger partial charge in [-0.15, -0.1) is 0 Å². The van der Waals surface area contributed by atoms with Gasteiger partial charge in [-0.1, -0.05) is 18.2 Å². The Balaban J connectivity index is 1.83. The molecule has 1 aromatic carbocycles. The second kappa shape index (κ2) is 8.29. The fourth-order valence-electron chi connectivity index (χ4n) is 2.13. The molecule has 122 valence electrons. The molecule has 0 aliphatic rings. The molecule has 0 fully saturated rings. The minimum Gasteiger partial charge on any atom is -0.492 e. The fraction of sp³-hybridized carbons (Fsp3) is 0.333. The average molecular weight is 313 g/mol. The minimum absolute atomic E-state index is 0.0149. The van der Waals surface area contributed by atoms with Crippen LogP contribution >= 0.6 is 0 Å². The number of hydrogen-bond donors (Lipinski definition) is 2. The van der Waals surface area contributed by atoms with Crippen LogP contribution in [-0.2, 0) is 17.8 Å². The van der Waals surface area contributed by atoms with E-state index in [9.17, 15) is 4.79 Å². The highest BCUT2D eigenvalue weighted by Crippen LogP contribution is 2.12. The molecule has 1 aromatic heterocycles. The second-order valence-electron chi connectivity index (χ2n) is 5.48. The molecule has 0 atom stereocenters. The number of rotatable bonds is 7. The van der Waals surface area contributed by atoms with Gasteiger partial charge in [-0.05, 0) is 42.7 Å². The van der Waals surface area contributed by atoms with Crippen molar-refractivity contribution in [3.63, 3.8) is 0 Å². The van der Waals surface area contributed by atoms with E-state index in [2.05, 4.69) is 10.3 Å². The van der Waals surface area contributed by atoms with Crippen LogP contribution < -0.4 is 15.8 Å². The van der Waals surface area contributed by atoms with Crippen molar-refractivity contribution in [1.82, 2.24) is 10.3 Å². The number of amides is 1. The molecule has 0 bridgehead atoms. The van der Waals surface area contributed by atoms with Crippen LogP contribution in [0.15, 0.2) is 36.5 Å². The summed E-state index contributed by atoms with van der Waals surface area (Å²) >= 11 is 0. The zero-order valence-corrected chi connectivity index (χ0v) is 13.6. The van der Waals surface area contributed by atoms with Gasteiger partial charge in [0.2, 0.25) is 5.91 Å². The molecule has 23 heavy (non-hydrogen) atoms. The van der Waals surface area contributed by atoms with E-state index in [0.717, 1.165) is 28.1 Å². The summed E-state index contributed by atoms with van der Waals surface area (Å²) in [6.45, 7) is 5.45. The molecular formula is C18H23N3O2. The first-order valence-electron chi connectivity index (χ1n) is 7.69. The standard InChI is InChI=1S/C18H23N3O2/c1-13-9-16(11-20-14(13)2)12-21-18(22)10-15-3-5-17(6-4-15)23-8-7-19/h3-6,9,11H,7-8,10,12,19H2,1-2H3,(H,21,22). The first-order valence-corrected chi connectivity index (χ1v) is 7.69. The number of pyridine rings is 1. The zero-order valence-electron chi connectivity index (χ0n) is 13.6. The van der Waals surface area contributed by atoms with Crippen molar-refractivity contribution >= 4 is 5.91 Å². The number of nitrogens with one attached hydrogen (secondary N) is 1. The molecular weight excluding hydrogens is 290 g/mol. The molecule has 2 aromatic rings. The van der Waals surface area contributed by atoms with E-state index in [1.165, 1.54) is 0 Å². The molecule has 1 heterocycles. The summed E-state index contributed by atoms with van der Waals surface area (Å²) in [4.78, 5) is 16.3. The summed E-state index contributed by atoms with van der Waals surface area (Å²) in [6.07, 6.45) is 2.14. The van der Waals surface area contributed by atoms with Gasteiger partial charge in [-0.25, -0.2) is 0 Å². The lowest BCUT2D eigenvalue weighted by Crippen LogP contribution is -2.24. The van der Waals surface area contributed by atoms with E-state index in [4.69, 9.17) is 10.5 Å². The predicted molar refractivity (Wildman–Crippen MR) is 90.3 cm³/mol. The van der Waals surface area contributed by atoms with Gasteiger partial charge < -0.3 is 15.8 Å². The Morgan fingerprint density at radius 3 is 2.61 bits per heavy atom. The number of carbonyl (C=O) groups excluding carboxylic acids is 1. The van der Waals surface area contributed by atoms with Gasteiger partial charge in [0.25, 0.3) is 0 Å². The SMILES string of the molecule is Cc1cc(CNC(=O)Cc2ccc(OCCN)cc2)cnc1C. The van der Waals surface area contributed by atoms with E-state index in [0.29, 0.717) is 26.1 Å². The van der Waals surface area contributed by atoms with Crippen molar-refractivity contribution in [1.29, 1.82) is 0 Å². The van der Waals surface area contributed by atoms with Crippen LogP contribution in [0.5, 0.6) is 5.75 Å². The third kappa shape index (κ3) is 5.38. The first kappa shape index (κ1) is 17.0. The van der Waals surface area contributed by atoms with Gasteiger partial charge >= 0.3 is 0 Å².